The van der Waals surface area contributed by atoms with Crippen molar-refractivity contribution in [2.24, 2.45) is 5.41 Å². The average molecular weight is 385 g/mol. The van der Waals surface area contributed by atoms with E-state index in [-0.39, 0.29) is 16.6 Å². The molecule has 142 valence electrons. The molecule has 0 fully saturated rings. The fourth-order valence-electron chi connectivity index (χ4n) is 3.62. The van der Waals surface area contributed by atoms with Crippen LogP contribution in [0.15, 0.2) is 48.5 Å². The Labute approximate surface area is 158 Å². The summed E-state index contributed by atoms with van der Waals surface area (Å²) in [6.45, 7) is 8.73. The van der Waals surface area contributed by atoms with Crippen LogP contribution < -0.4 is 4.74 Å². The van der Waals surface area contributed by atoms with E-state index in [2.05, 4.69) is 32.4 Å². The Morgan fingerprint density at radius 1 is 0.846 bits per heavy atom. The summed E-state index contributed by atoms with van der Waals surface area (Å²) in [6, 6.07) is 14.0. The number of alkyl halides is 3. The quantitative estimate of drug-likeness (QED) is 0.512. The third-order valence-electron chi connectivity index (χ3n) is 4.39. The molecule has 0 saturated carbocycles. The molecule has 1 nitrogen and oxygen atoms in total. The summed E-state index contributed by atoms with van der Waals surface area (Å²) in [6.07, 6.45) is -2.98. The first-order valence-electron chi connectivity index (χ1n) is 8.47. The van der Waals surface area contributed by atoms with Crippen molar-refractivity contribution in [3.05, 3.63) is 64.7 Å². The summed E-state index contributed by atoms with van der Waals surface area (Å²) in [4.78, 5) is 0. The lowest BCUT2D eigenvalue weighted by Crippen LogP contribution is -2.28. The van der Waals surface area contributed by atoms with Crippen LogP contribution in [0.3, 0.4) is 0 Å². The van der Waals surface area contributed by atoms with E-state index >= 15 is 0 Å². The molecule has 0 atom stereocenters. The summed E-state index contributed by atoms with van der Waals surface area (Å²) < 4.78 is 40.7. The Morgan fingerprint density at radius 2 is 1.38 bits per heavy atom. The Hall–Kier alpha value is -1.68. The molecule has 0 amide bonds. The second-order valence-electron chi connectivity index (χ2n) is 8.10. The summed E-state index contributed by atoms with van der Waals surface area (Å²) in [5, 5.41) is 0.713. The van der Waals surface area contributed by atoms with E-state index in [9.17, 15) is 13.2 Å². The highest BCUT2D eigenvalue weighted by molar-refractivity contribution is 6.30. The van der Waals surface area contributed by atoms with Crippen LogP contribution >= 0.6 is 11.6 Å². The van der Waals surface area contributed by atoms with Crippen molar-refractivity contribution in [3.8, 4) is 5.75 Å². The molecule has 0 aliphatic heterocycles. The molecule has 0 spiro atoms. The molecule has 2 aromatic rings. The first-order valence-corrected chi connectivity index (χ1v) is 8.85. The van der Waals surface area contributed by atoms with Gasteiger partial charge in [0, 0.05) is 5.02 Å². The normalized spacial score (nSPS) is 12.9. The van der Waals surface area contributed by atoms with Crippen LogP contribution in [0.25, 0.3) is 0 Å². The summed E-state index contributed by atoms with van der Waals surface area (Å²) in [5.41, 5.74) is 2.11. The molecule has 5 heteroatoms. The highest BCUT2D eigenvalue weighted by Crippen LogP contribution is 2.39. The second-order valence-corrected chi connectivity index (χ2v) is 8.54. The lowest BCUT2D eigenvalue weighted by Gasteiger charge is -2.35. The van der Waals surface area contributed by atoms with Crippen LogP contribution in [0.5, 0.6) is 5.75 Å². The van der Waals surface area contributed by atoms with Gasteiger partial charge in [0.15, 0.2) is 0 Å². The third-order valence-corrected chi connectivity index (χ3v) is 4.64. The number of ether oxygens (including phenoxy) is 1. The van der Waals surface area contributed by atoms with Gasteiger partial charge in [0.2, 0.25) is 0 Å². The first kappa shape index (κ1) is 20.6. The molecule has 0 N–H and O–H groups in total. The number of hydrogen-bond donors (Lipinski definition) is 0. The van der Waals surface area contributed by atoms with Gasteiger partial charge in [-0.3, -0.25) is 0 Å². The van der Waals surface area contributed by atoms with Crippen LogP contribution in [-0.4, -0.2) is 6.36 Å². The van der Waals surface area contributed by atoms with Gasteiger partial charge in [-0.25, -0.2) is 0 Å². The lowest BCUT2D eigenvalue weighted by molar-refractivity contribution is -0.274. The van der Waals surface area contributed by atoms with Crippen molar-refractivity contribution < 1.29 is 17.9 Å². The Bertz CT molecular complexity index is 716. The highest BCUT2D eigenvalue weighted by atomic mass is 35.5. The van der Waals surface area contributed by atoms with E-state index in [1.165, 1.54) is 17.7 Å². The molecular formula is C21H24ClF3O. The zero-order valence-electron chi connectivity index (χ0n) is 15.5. The Kier molecular flexibility index (Phi) is 5.96. The minimum Gasteiger partial charge on any atom is -0.406 e. The molecule has 2 aromatic carbocycles. The maximum atomic E-state index is 12.3. The van der Waals surface area contributed by atoms with Crippen molar-refractivity contribution in [1.82, 2.24) is 0 Å². The molecule has 0 aromatic heterocycles. The molecule has 0 heterocycles. The number of rotatable bonds is 6. The molecule has 0 bridgehead atoms. The lowest BCUT2D eigenvalue weighted by atomic mass is 9.69. The smallest absolute Gasteiger partial charge is 0.406 e. The zero-order valence-corrected chi connectivity index (χ0v) is 16.2. The predicted octanol–water partition coefficient (Wildman–Crippen LogP) is 7.18. The van der Waals surface area contributed by atoms with E-state index < -0.39 is 6.36 Å². The van der Waals surface area contributed by atoms with E-state index in [0.717, 1.165) is 18.4 Å². The summed E-state index contributed by atoms with van der Waals surface area (Å²) >= 11 is 5.97. The molecule has 0 aliphatic rings. The van der Waals surface area contributed by atoms with Crippen LogP contribution in [0.4, 0.5) is 13.2 Å². The van der Waals surface area contributed by atoms with Crippen LogP contribution in [0.1, 0.15) is 45.2 Å². The maximum absolute atomic E-state index is 12.3. The standard InChI is InChI=1S/C21H24ClF3O/c1-19(2,14-20(3,4)16-7-9-17(22)10-8-16)13-15-5-11-18(12-6-15)26-21(23,24)25/h5-12H,13-14H2,1-4H3. The average Bonchev–Trinajstić information content (AvgIpc) is 2.47. The largest absolute Gasteiger partial charge is 0.573 e. The van der Waals surface area contributed by atoms with Gasteiger partial charge in [-0.05, 0) is 59.1 Å². The molecule has 26 heavy (non-hydrogen) atoms. The van der Waals surface area contributed by atoms with Gasteiger partial charge in [0.25, 0.3) is 0 Å². The minimum atomic E-state index is -4.66. The Balaban J connectivity index is 2.06. The number of halogens is 4. The number of hydrogen-bond acceptors (Lipinski definition) is 1. The molecule has 0 saturated heterocycles. The van der Waals surface area contributed by atoms with Crippen molar-refractivity contribution in [2.75, 3.05) is 0 Å². The first-order chi connectivity index (χ1) is 11.9. The molecule has 2 rings (SSSR count). The Morgan fingerprint density at radius 3 is 1.88 bits per heavy atom. The second kappa shape index (κ2) is 7.51. The van der Waals surface area contributed by atoms with Gasteiger partial charge >= 0.3 is 6.36 Å². The molecule has 0 aliphatic carbocycles. The van der Waals surface area contributed by atoms with Gasteiger partial charge in [-0.2, -0.15) is 0 Å². The van der Waals surface area contributed by atoms with Gasteiger partial charge in [0.05, 0.1) is 0 Å². The van der Waals surface area contributed by atoms with E-state index in [1.807, 2.05) is 24.3 Å². The highest BCUT2D eigenvalue weighted by Gasteiger charge is 2.32. The third kappa shape index (κ3) is 6.24. The van der Waals surface area contributed by atoms with Gasteiger partial charge in [-0.15, -0.1) is 13.2 Å². The van der Waals surface area contributed by atoms with Crippen molar-refractivity contribution >= 4 is 11.6 Å². The predicted molar refractivity (Wildman–Crippen MR) is 99.7 cm³/mol. The van der Waals surface area contributed by atoms with Gasteiger partial charge in [0.1, 0.15) is 5.75 Å². The fourth-order valence-corrected chi connectivity index (χ4v) is 3.75. The minimum absolute atomic E-state index is 0.0322. The number of benzene rings is 2. The summed E-state index contributed by atoms with van der Waals surface area (Å²) in [5.74, 6) is -0.194. The van der Waals surface area contributed by atoms with E-state index in [0.29, 0.717) is 5.02 Å². The fraction of sp³-hybridized carbons (Fsp3) is 0.429. The van der Waals surface area contributed by atoms with E-state index in [1.54, 1.807) is 12.1 Å². The van der Waals surface area contributed by atoms with Crippen molar-refractivity contribution in [2.45, 2.75) is 52.3 Å². The maximum Gasteiger partial charge on any atom is 0.573 e. The molecule has 0 radical (unpaired) electrons. The zero-order chi connectivity index (χ0) is 19.6. The molecule has 0 unspecified atom stereocenters. The van der Waals surface area contributed by atoms with Gasteiger partial charge in [-0.1, -0.05) is 63.6 Å². The monoisotopic (exact) mass is 384 g/mol. The van der Waals surface area contributed by atoms with Crippen molar-refractivity contribution in [1.29, 1.82) is 0 Å². The van der Waals surface area contributed by atoms with Crippen LogP contribution in [-0.2, 0) is 11.8 Å². The van der Waals surface area contributed by atoms with Crippen LogP contribution in [0, 0.1) is 5.41 Å². The van der Waals surface area contributed by atoms with Crippen molar-refractivity contribution in [3.63, 3.8) is 0 Å². The summed E-state index contributed by atoms with van der Waals surface area (Å²) in [7, 11) is 0. The molecular weight excluding hydrogens is 361 g/mol. The SMILES string of the molecule is CC(C)(Cc1ccc(OC(F)(F)F)cc1)CC(C)(C)c1ccc(Cl)cc1. The van der Waals surface area contributed by atoms with E-state index in [4.69, 9.17) is 11.6 Å². The van der Waals surface area contributed by atoms with Gasteiger partial charge < -0.3 is 4.74 Å². The topological polar surface area (TPSA) is 9.23 Å². The van der Waals surface area contributed by atoms with Crippen LogP contribution in [0.2, 0.25) is 5.02 Å².